The third kappa shape index (κ3) is 2.95. The van der Waals surface area contributed by atoms with Gasteiger partial charge in [0.15, 0.2) is 0 Å². The molecule has 0 heterocycles. The Labute approximate surface area is 131 Å². The highest BCUT2D eigenvalue weighted by atomic mass is 16.3. The highest BCUT2D eigenvalue weighted by molar-refractivity contribution is 5.63. The van der Waals surface area contributed by atoms with Gasteiger partial charge >= 0.3 is 0 Å². The molecule has 1 nitrogen and oxygen atoms in total. The zero-order valence-corrected chi connectivity index (χ0v) is 13.0. The van der Waals surface area contributed by atoms with E-state index >= 15 is 0 Å². The van der Waals surface area contributed by atoms with E-state index in [4.69, 9.17) is 0 Å². The summed E-state index contributed by atoms with van der Waals surface area (Å²) in [5, 5.41) is 10.6. The van der Waals surface area contributed by atoms with E-state index in [2.05, 4.69) is 37.3 Å². The third-order valence-electron chi connectivity index (χ3n) is 4.05. The van der Waals surface area contributed by atoms with Gasteiger partial charge in [0.1, 0.15) is 6.10 Å². The lowest BCUT2D eigenvalue weighted by atomic mass is 9.95. The van der Waals surface area contributed by atoms with Crippen LogP contribution in [0.5, 0.6) is 0 Å². The first kappa shape index (κ1) is 14.6. The molecule has 1 atom stereocenters. The van der Waals surface area contributed by atoms with Crippen LogP contribution >= 0.6 is 0 Å². The maximum absolute atomic E-state index is 10.6. The zero-order chi connectivity index (χ0) is 15.5. The molecule has 3 aromatic rings. The van der Waals surface area contributed by atoms with Crippen molar-refractivity contribution >= 4 is 0 Å². The fourth-order valence-corrected chi connectivity index (χ4v) is 2.80. The van der Waals surface area contributed by atoms with Gasteiger partial charge in [-0.25, -0.2) is 0 Å². The number of aliphatic hydroxyl groups is 1. The third-order valence-corrected chi connectivity index (χ3v) is 4.05. The summed E-state index contributed by atoms with van der Waals surface area (Å²) in [4.78, 5) is 0. The average Bonchev–Trinajstić information content (AvgIpc) is 2.55. The lowest BCUT2D eigenvalue weighted by molar-refractivity contribution is 0.219. The predicted molar refractivity (Wildman–Crippen MR) is 91.9 cm³/mol. The summed E-state index contributed by atoms with van der Waals surface area (Å²) in [7, 11) is 0. The monoisotopic (exact) mass is 288 g/mol. The first-order chi connectivity index (χ1) is 10.6. The molecule has 110 valence electrons. The molecule has 0 amide bonds. The lowest BCUT2D eigenvalue weighted by Gasteiger charge is -2.15. The Morgan fingerprint density at radius 2 is 1.36 bits per heavy atom. The summed E-state index contributed by atoms with van der Waals surface area (Å²) in [6, 6.07) is 24.6. The molecule has 3 rings (SSSR count). The molecule has 3 aromatic carbocycles. The van der Waals surface area contributed by atoms with E-state index in [0.29, 0.717) is 0 Å². The van der Waals surface area contributed by atoms with Crippen molar-refractivity contribution in [1.82, 2.24) is 0 Å². The molecule has 0 fully saturated rings. The van der Waals surface area contributed by atoms with Gasteiger partial charge in [0, 0.05) is 0 Å². The highest BCUT2D eigenvalue weighted by Crippen LogP contribution is 2.27. The first-order valence-electron chi connectivity index (χ1n) is 7.56. The standard InChI is InChI=1S/C21H20O/c1-15-8-13-20(16(2)14-15)21(22)19-11-9-18(10-12-19)17-6-4-3-5-7-17/h3-14,21-22H,1-2H3. The van der Waals surface area contributed by atoms with Crippen LogP contribution in [0.25, 0.3) is 11.1 Å². The van der Waals surface area contributed by atoms with E-state index in [1.807, 2.05) is 49.4 Å². The van der Waals surface area contributed by atoms with Gasteiger partial charge < -0.3 is 5.11 Å². The summed E-state index contributed by atoms with van der Waals surface area (Å²) in [6.45, 7) is 4.11. The van der Waals surface area contributed by atoms with Gasteiger partial charge in [-0.2, -0.15) is 0 Å². The van der Waals surface area contributed by atoms with E-state index in [1.165, 1.54) is 11.1 Å². The maximum Gasteiger partial charge on any atom is 0.104 e. The molecule has 0 saturated heterocycles. The zero-order valence-electron chi connectivity index (χ0n) is 13.0. The molecule has 1 N–H and O–H groups in total. The quantitative estimate of drug-likeness (QED) is 0.715. The largest absolute Gasteiger partial charge is 0.384 e. The Morgan fingerprint density at radius 1 is 0.727 bits per heavy atom. The van der Waals surface area contributed by atoms with E-state index < -0.39 is 6.10 Å². The Morgan fingerprint density at radius 3 is 2.00 bits per heavy atom. The van der Waals surface area contributed by atoms with Crippen molar-refractivity contribution in [3.8, 4) is 11.1 Å². The second-order valence-corrected chi connectivity index (χ2v) is 5.75. The molecule has 0 aliphatic rings. The Kier molecular flexibility index (Phi) is 4.08. The molecule has 22 heavy (non-hydrogen) atoms. The van der Waals surface area contributed by atoms with Gasteiger partial charge in [0.05, 0.1) is 0 Å². The van der Waals surface area contributed by atoms with Gasteiger partial charge in [-0.3, -0.25) is 0 Å². The second kappa shape index (κ2) is 6.17. The van der Waals surface area contributed by atoms with Crippen LogP contribution in [0, 0.1) is 13.8 Å². The van der Waals surface area contributed by atoms with Gasteiger partial charge in [0.25, 0.3) is 0 Å². The number of benzene rings is 3. The number of rotatable bonds is 3. The summed E-state index contributed by atoms with van der Waals surface area (Å²) < 4.78 is 0. The highest BCUT2D eigenvalue weighted by Gasteiger charge is 2.12. The summed E-state index contributed by atoms with van der Waals surface area (Å²) in [6.07, 6.45) is -0.578. The van der Waals surface area contributed by atoms with E-state index in [1.54, 1.807) is 0 Å². The summed E-state index contributed by atoms with van der Waals surface area (Å²) >= 11 is 0. The van der Waals surface area contributed by atoms with Crippen LogP contribution in [-0.2, 0) is 0 Å². The smallest absolute Gasteiger partial charge is 0.104 e. The fourth-order valence-electron chi connectivity index (χ4n) is 2.80. The van der Waals surface area contributed by atoms with Crippen molar-refractivity contribution in [3.05, 3.63) is 95.1 Å². The Balaban J connectivity index is 1.89. The maximum atomic E-state index is 10.6. The van der Waals surface area contributed by atoms with Crippen LogP contribution < -0.4 is 0 Å². The van der Waals surface area contributed by atoms with Crippen LogP contribution in [0.15, 0.2) is 72.8 Å². The van der Waals surface area contributed by atoms with Crippen LogP contribution in [0.2, 0.25) is 0 Å². The van der Waals surface area contributed by atoms with Crippen LogP contribution in [0.4, 0.5) is 0 Å². The number of aryl methyl sites for hydroxylation is 2. The minimum atomic E-state index is -0.578. The van der Waals surface area contributed by atoms with Crippen LogP contribution in [-0.4, -0.2) is 5.11 Å². The van der Waals surface area contributed by atoms with Crippen molar-refractivity contribution in [1.29, 1.82) is 0 Å². The van der Waals surface area contributed by atoms with Gasteiger partial charge in [-0.05, 0) is 41.7 Å². The molecule has 0 aliphatic carbocycles. The van der Waals surface area contributed by atoms with E-state index in [9.17, 15) is 5.11 Å². The molecule has 0 aliphatic heterocycles. The van der Waals surface area contributed by atoms with Gasteiger partial charge in [0.2, 0.25) is 0 Å². The lowest BCUT2D eigenvalue weighted by Crippen LogP contribution is -2.02. The SMILES string of the molecule is Cc1ccc(C(O)c2ccc(-c3ccccc3)cc2)c(C)c1. The van der Waals surface area contributed by atoms with Crippen LogP contribution in [0.1, 0.15) is 28.4 Å². The Bertz CT molecular complexity index is 758. The molecule has 0 radical (unpaired) electrons. The molecule has 0 bridgehead atoms. The minimum absolute atomic E-state index is 0.578. The molecule has 0 spiro atoms. The normalized spacial score (nSPS) is 12.1. The average molecular weight is 288 g/mol. The second-order valence-electron chi connectivity index (χ2n) is 5.75. The van der Waals surface area contributed by atoms with E-state index in [0.717, 1.165) is 22.3 Å². The molecule has 1 heteroatoms. The van der Waals surface area contributed by atoms with Crippen molar-refractivity contribution in [2.24, 2.45) is 0 Å². The number of hydrogen-bond donors (Lipinski definition) is 1. The Hall–Kier alpha value is -2.38. The van der Waals surface area contributed by atoms with Gasteiger partial charge in [-0.1, -0.05) is 78.4 Å². The predicted octanol–water partition coefficient (Wildman–Crippen LogP) is 5.05. The molecule has 0 saturated carbocycles. The molecular weight excluding hydrogens is 268 g/mol. The topological polar surface area (TPSA) is 20.2 Å². The van der Waals surface area contributed by atoms with Crippen molar-refractivity contribution in [2.75, 3.05) is 0 Å². The summed E-state index contributed by atoms with van der Waals surface area (Å²) in [5.74, 6) is 0. The van der Waals surface area contributed by atoms with Crippen molar-refractivity contribution < 1.29 is 5.11 Å². The van der Waals surface area contributed by atoms with Crippen molar-refractivity contribution in [3.63, 3.8) is 0 Å². The number of aliphatic hydroxyl groups excluding tert-OH is 1. The van der Waals surface area contributed by atoms with Crippen LogP contribution in [0.3, 0.4) is 0 Å². The molecule has 1 unspecified atom stereocenters. The van der Waals surface area contributed by atoms with Crippen molar-refractivity contribution in [2.45, 2.75) is 20.0 Å². The number of hydrogen-bond acceptors (Lipinski definition) is 1. The first-order valence-corrected chi connectivity index (χ1v) is 7.56. The minimum Gasteiger partial charge on any atom is -0.384 e. The fraction of sp³-hybridized carbons (Fsp3) is 0.143. The summed E-state index contributed by atoms with van der Waals surface area (Å²) in [5.41, 5.74) is 6.59. The molecular formula is C21H20O. The van der Waals surface area contributed by atoms with E-state index in [-0.39, 0.29) is 0 Å². The molecule has 0 aromatic heterocycles. The van der Waals surface area contributed by atoms with Gasteiger partial charge in [-0.15, -0.1) is 0 Å².